The second-order valence-electron chi connectivity index (χ2n) is 11.0. The Morgan fingerprint density at radius 2 is 1.93 bits per heavy atom. The van der Waals surface area contributed by atoms with Gasteiger partial charge in [0.15, 0.2) is 10.7 Å². The maximum atomic E-state index is 13.5. The van der Waals surface area contributed by atoms with E-state index in [9.17, 15) is 18.3 Å². The number of aliphatic hydroxyl groups is 1. The zero-order chi connectivity index (χ0) is 30.6. The predicted octanol–water partition coefficient (Wildman–Crippen LogP) is 3.38. The zero-order valence-electron chi connectivity index (χ0n) is 25.0. The van der Waals surface area contributed by atoms with Crippen molar-refractivity contribution in [1.82, 2.24) is 15.0 Å². The number of aryl methyl sites for hydroxylation is 2. The highest BCUT2D eigenvalue weighted by atomic mass is 32.2. The molecule has 1 aliphatic rings. The van der Waals surface area contributed by atoms with E-state index >= 15 is 0 Å². The van der Waals surface area contributed by atoms with E-state index in [4.69, 9.17) is 14.0 Å². The summed E-state index contributed by atoms with van der Waals surface area (Å²) in [6.45, 7) is 8.42. The van der Waals surface area contributed by atoms with Gasteiger partial charge in [0.05, 0.1) is 26.2 Å². The van der Waals surface area contributed by atoms with Gasteiger partial charge in [0.1, 0.15) is 23.3 Å². The van der Waals surface area contributed by atoms with Gasteiger partial charge in [-0.3, -0.25) is 14.4 Å². The maximum absolute atomic E-state index is 13.5. The van der Waals surface area contributed by atoms with Crippen LogP contribution in [0.1, 0.15) is 36.4 Å². The van der Waals surface area contributed by atoms with Crippen LogP contribution in [0.25, 0.3) is 0 Å². The van der Waals surface area contributed by atoms with Crippen LogP contribution in [-0.2, 0) is 27.8 Å². The van der Waals surface area contributed by atoms with E-state index in [1.54, 1.807) is 37.1 Å². The number of methoxy groups -OCH3 is 1. The highest BCUT2D eigenvalue weighted by molar-refractivity contribution is 7.92. The van der Waals surface area contributed by atoms with Crippen molar-refractivity contribution < 1.29 is 32.3 Å². The second-order valence-corrected chi connectivity index (χ2v) is 12.6. The van der Waals surface area contributed by atoms with Gasteiger partial charge < -0.3 is 24.0 Å². The van der Waals surface area contributed by atoms with E-state index in [2.05, 4.69) is 14.8 Å². The number of amides is 1. The Balaban J connectivity index is 1.62. The van der Waals surface area contributed by atoms with Gasteiger partial charge in [0, 0.05) is 36.8 Å². The molecule has 0 spiro atoms. The normalized spacial score (nSPS) is 18.5. The molecule has 1 aliphatic heterocycles. The minimum atomic E-state index is -3.98. The number of fused-ring (bicyclic) bond motifs is 1. The number of rotatable bonds is 10. The molecule has 1 amide bonds. The summed E-state index contributed by atoms with van der Waals surface area (Å²) in [4.78, 5) is 17.3. The standard InChI is InChI=1S/C30H40N4O7S/c1-19-15-34(20(2)18-35)29(36)14-24-13-25(32-42(37,38)30-21(3)31-41-22(30)4)9-12-27(24)40-28(19)17-33(5)16-23-7-10-26(39-6)11-8-23/h7-13,19-20,28,32,35H,14-18H2,1-6H3/t19-,20-,28-/m1/s1. The van der Waals surface area contributed by atoms with Crippen molar-refractivity contribution in [3.63, 3.8) is 0 Å². The number of benzene rings is 2. The molecule has 2 N–H and O–H groups in total. The van der Waals surface area contributed by atoms with Crippen molar-refractivity contribution in [3.8, 4) is 11.5 Å². The molecule has 0 aliphatic carbocycles. The summed E-state index contributed by atoms with van der Waals surface area (Å²) in [7, 11) is -0.333. The number of nitrogens with one attached hydrogen (secondary N) is 1. The minimum Gasteiger partial charge on any atom is -0.497 e. The first-order valence-corrected chi connectivity index (χ1v) is 15.4. The third-order valence-corrected chi connectivity index (χ3v) is 9.13. The molecular formula is C30H40N4O7S. The van der Waals surface area contributed by atoms with Crippen molar-refractivity contribution >= 4 is 21.6 Å². The van der Waals surface area contributed by atoms with E-state index in [1.807, 2.05) is 45.2 Å². The topological polar surface area (TPSA) is 134 Å². The molecule has 0 bridgehead atoms. The Morgan fingerprint density at radius 3 is 2.55 bits per heavy atom. The Morgan fingerprint density at radius 1 is 1.21 bits per heavy atom. The van der Waals surface area contributed by atoms with Crippen molar-refractivity contribution in [2.45, 2.75) is 57.7 Å². The SMILES string of the molecule is COc1ccc(CN(C)C[C@H]2Oc3ccc(NS(=O)(=O)c4c(C)noc4C)cc3CC(=O)N([C@H](C)CO)C[C@H]2C)cc1. The molecular weight excluding hydrogens is 560 g/mol. The molecule has 228 valence electrons. The van der Waals surface area contributed by atoms with Crippen LogP contribution in [0.2, 0.25) is 0 Å². The largest absolute Gasteiger partial charge is 0.497 e. The molecule has 0 saturated heterocycles. The van der Waals surface area contributed by atoms with Crippen molar-refractivity contribution in [2.24, 2.45) is 5.92 Å². The molecule has 0 radical (unpaired) electrons. The van der Waals surface area contributed by atoms with E-state index in [0.717, 1.165) is 11.3 Å². The lowest BCUT2D eigenvalue weighted by molar-refractivity contribution is -0.134. The fraction of sp³-hybridized carbons (Fsp3) is 0.467. The lowest BCUT2D eigenvalue weighted by atomic mass is 10.0. The van der Waals surface area contributed by atoms with Gasteiger partial charge in [-0.25, -0.2) is 8.42 Å². The molecule has 4 rings (SSSR count). The first-order chi connectivity index (χ1) is 19.9. The number of aromatic nitrogens is 1. The number of hydrogen-bond acceptors (Lipinski definition) is 9. The number of hydrogen-bond donors (Lipinski definition) is 2. The highest BCUT2D eigenvalue weighted by Crippen LogP contribution is 2.31. The molecule has 0 fully saturated rings. The van der Waals surface area contributed by atoms with E-state index < -0.39 is 10.0 Å². The molecule has 12 heteroatoms. The number of carbonyl (C=O) groups is 1. The lowest BCUT2D eigenvalue weighted by Gasteiger charge is -2.34. The predicted molar refractivity (Wildman–Crippen MR) is 158 cm³/mol. The fourth-order valence-electron chi connectivity index (χ4n) is 5.19. The van der Waals surface area contributed by atoms with Gasteiger partial charge in [-0.05, 0) is 63.7 Å². The summed E-state index contributed by atoms with van der Waals surface area (Å²) >= 11 is 0. The first-order valence-electron chi connectivity index (χ1n) is 13.9. The molecule has 2 aromatic carbocycles. The summed E-state index contributed by atoms with van der Waals surface area (Å²) in [6, 6.07) is 12.4. The molecule has 3 aromatic rings. The number of likely N-dealkylation sites (N-methyl/N-ethyl adjacent to an activating group) is 1. The Labute approximate surface area is 247 Å². The van der Waals surface area contributed by atoms with Crippen molar-refractivity contribution in [1.29, 1.82) is 0 Å². The average molecular weight is 601 g/mol. The highest BCUT2D eigenvalue weighted by Gasteiger charge is 2.32. The number of aliphatic hydroxyl groups excluding tert-OH is 1. The molecule has 3 atom stereocenters. The third-order valence-electron chi connectivity index (χ3n) is 7.51. The summed E-state index contributed by atoms with van der Waals surface area (Å²) in [5, 5.41) is 13.7. The van der Waals surface area contributed by atoms with Crippen LogP contribution in [0.3, 0.4) is 0 Å². The summed E-state index contributed by atoms with van der Waals surface area (Å²) < 4.78 is 45.7. The quantitative estimate of drug-likeness (QED) is 0.359. The van der Waals surface area contributed by atoms with Gasteiger partial charge in [-0.1, -0.05) is 24.2 Å². The van der Waals surface area contributed by atoms with Crippen LogP contribution in [-0.4, -0.2) is 80.4 Å². The van der Waals surface area contributed by atoms with Gasteiger partial charge >= 0.3 is 0 Å². The zero-order valence-corrected chi connectivity index (χ0v) is 25.8. The lowest BCUT2D eigenvalue weighted by Crippen LogP contribution is -2.47. The molecule has 2 heterocycles. The summed E-state index contributed by atoms with van der Waals surface area (Å²) in [5.41, 5.74) is 2.21. The number of sulfonamides is 1. The van der Waals surface area contributed by atoms with E-state index in [1.165, 1.54) is 6.92 Å². The van der Waals surface area contributed by atoms with Crippen molar-refractivity contribution in [3.05, 3.63) is 65.0 Å². The number of nitrogens with zero attached hydrogens (tertiary/aromatic N) is 3. The first kappa shape index (κ1) is 31.3. The number of carbonyl (C=O) groups excluding carboxylic acids is 1. The number of ether oxygens (including phenoxy) is 2. The Bertz CT molecular complexity index is 1470. The van der Waals surface area contributed by atoms with Gasteiger partial charge in [-0.2, -0.15) is 0 Å². The van der Waals surface area contributed by atoms with Gasteiger partial charge in [-0.15, -0.1) is 0 Å². The molecule has 1 aromatic heterocycles. The molecule has 0 saturated carbocycles. The van der Waals surface area contributed by atoms with Crippen LogP contribution in [0.5, 0.6) is 11.5 Å². The van der Waals surface area contributed by atoms with Crippen LogP contribution in [0.4, 0.5) is 5.69 Å². The summed E-state index contributed by atoms with van der Waals surface area (Å²) in [6.07, 6.45) is -0.307. The molecule has 0 unspecified atom stereocenters. The van der Waals surface area contributed by atoms with Gasteiger partial charge in [0.25, 0.3) is 10.0 Å². The minimum absolute atomic E-state index is 0.0122. The Kier molecular flexibility index (Phi) is 9.80. The Hall–Kier alpha value is -3.61. The van der Waals surface area contributed by atoms with Gasteiger partial charge in [0.2, 0.25) is 5.91 Å². The average Bonchev–Trinajstić information content (AvgIpc) is 3.31. The second kappa shape index (κ2) is 13.1. The maximum Gasteiger partial charge on any atom is 0.267 e. The number of anilines is 1. The van der Waals surface area contributed by atoms with Crippen LogP contribution < -0.4 is 14.2 Å². The molecule has 11 nitrogen and oxygen atoms in total. The van der Waals surface area contributed by atoms with E-state index in [0.29, 0.717) is 30.9 Å². The van der Waals surface area contributed by atoms with Crippen LogP contribution in [0.15, 0.2) is 51.9 Å². The van der Waals surface area contributed by atoms with Crippen molar-refractivity contribution in [2.75, 3.05) is 38.6 Å². The van der Waals surface area contributed by atoms with Crippen LogP contribution >= 0.6 is 0 Å². The van der Waals surface area contributed by atoms with E-state index in [-0.39, 0.29) is 59.0 Å². The fourth-order valence-corrected chi connectivity index (χ4v) is 6.57. The smallest absolute Gasteiger partial charge is 0.267 e. The molecule has 42 heavy (non-hydrogen) atoms. The third kappa shape index (κ3) is 7.23. The summed E-state index contributed by atoms with van der Waals surface area (Å²) in [5.74, 6) is 1.25. The van der Waals surface area contributed by atoms with Crippen LogP contribution in [0, 0.1) is 19.8 Å². The monoisotopic (exact) mass is 600 g/mol.